The Kier molecular flexibility index (Phi) is 5.15. The monoisotopic (exact) mass is 275 g/mol. The lowest BCUT2D eigenvalue weighted by Gasteiger charge is -2.36. The van der Waals surface area contributed by atoms with Crippen molar-refractivity contribution in [2.45, 2.75) is 26.8 Å². The minimum absolute atomic E-state index is 0.0808. The lowest BCUT2D eigenvalue weighted by molar-refractivity contribution is -0.117. The Morgan fingerprint density at radius 3 is 2.45 bits per heavy atom. The van der Waals surface area contributed by atoms with E-state index in [0.717, 1.165) is 37.4 Å². The van der Waals surface area contributed by atoms with Gasteiger partial charge in [0.25, 0.3) is 0 Å². The number of carbonyl (C=O) groups is 1. The fraction of sp³-hybridized carbons (Fsp3) is 0.562. The number of amides is 1. The smallest absolute Gasteiger partial charge is 0.238 e. The molecule has 1 amide bonds. The Morgan fingerprint density at radius 2 is 1.85 bits per heavy atom. The number of anilines is 1. The van der Waals surface area contributed by atoms with E-state index < -0.39 is 0 Å². The van der Waals surface area contributed by atoms with E-state index in [2.05, 4.69) is 29.0 Å². The third kappa shape index (κ3) is 4.05. The number of benzene rings is 1. The maximum Gasteiger partial charge on any atom is 0.238 e. The van der Waals surface area contributed by atoms with Gasteiger partial charge in [-0.15, -0.1) is 0 Å². The second-order valence-electron chi connectivity index (χ2n) is 5.77. The third-order valence-electron chi connectivity index (χ3n) is 3.92. The molecular formula is C16H25N3O. The van der Waals surface area contributed by atoms with E-state index >= 15 is 0 Å². The van der Waals surface area contributed by atoms with Crippen LogP contribution in [0, 0.1) is 6.92 Å². The van der Waals surface area contributed by atoms with Crippen molar-refractivity contribution >= 4 is 11.6 Å². The summed E-state index contributed by atoms with van der Waals surface area (Å²) in [7, 11) is 0. The molecule has 1 aromatic carbocycles. The summed E-state index contributed by atoms with van der Waals surface area (Å²) in [6.07, 6.45) is 0. The van der Waals surface area contributed by atoms with E-state index in [4.69, 9.17) is 0 Å². The van der Waals surface area contributed by atoms with Gasteiger partial charge in [0, 0.05) is 37.9 Å². The van der Waals surface area contributed by atoms with Gasteiger partial charge in [0.1, 0.15) is 0 Å². The van der Waals surface area contributed by atoms with Gasteiger partial charge in [0.15, 0.2) is 0 Å². The van der Waals surface area contributed by atoms with Crippen LogP contribution in [0.2, 0.25) is 0 Å². The van der Waals surface area contributed by atoms with Gasteiger partial charge in [0.2, 0.25) is 5.91 Å². The van der Waals surface area contributed by atoms with Gasteiger partial charge in [-0.3, -0.25) is 14.6 Å². The van der Waals surface area contributed by atoms with E-state index in [1.165, 1.54) is 0 Å². The van der Waals surface area contributed by atoms with Gasteiger partial charge in [-0.25, -0.2) is 0 Å². The molecule has 110 valence electrons. The molecule has 4 nitrogen and oxygen atoms in total. The van der Waals surface area contributed by atoms with Crippen molar-refractivity contribution in [2.24, 2.45) is 0 Å². The van der Waals surface area contributed by atoms with Crippen molar-refractivity contribution in [1.29, 1.82) is 0 Å². The van der Waals surface area contributed by atoms with Crippen molar-refractivity contribution in [3.05, 3.63) is 29.8 Å². The average molecular weight is 275 g/mol. The van der Waals surface area contributed by atoms with Crippen molar-refractivity contribution in [3.8, 4) is 0 Å². The number of hydrogen-bond acceptors (Lipinski definition) is 3. The molecule has 1 saturated heterocycles. The van der Waals surface area contributed by atoms with Crippen LogP contribution in [-0.2, 0) is 4.79 Å². The van der Waals surface area contributed by atoms with Crippen LogP contribution < -0.4 is 5.32 Å². The highest BCUT2D eigenvalue weighted by Gasteiger charge is 2.20. The Bertz CT molecular complexity index is 451. The molecule has 1 heterocycles. The summed E-state index contributed by atoms with van der Waals surface area (Å²) in [5, 5.41) is 3.00. The molecule has 0 atom stereocenters. The second-order valence-corrected chi connectivity index (χ2v) is 5.77. The second kappa shape index (κ2) is 6.86. The first-order chi connectivity index (χ1) is 9.56. The Labute approximate surface area is 121 Å². The van der Waals surface area contributed by atoms with Gasteiger partial charge < -0.3 is 5.32 Å². The van der Waals surface area contributed by atoms with Crippen LogP contribution in [-0.4, -0.2) is 54.5 Å². The van der Waals surface area contributed by atoms with Gasteiger partial charge in [-0.1, -0.05) is 18.2 Å². The number of nitrogens with one attached hydrogen (secondary N) is 1. The minimum atomic E-state index is 0.0808. The molecule has 0 bridgehead atoms. The molecule has 2 rings (SSSR count). The van der Waals surface area contributed by atoms with Crippen LogP contribution in [0.3, 0.4) is 0 Å². The molecule has 1 aliphatic rings. The Balaban J connectivity index is 1.80. The predicted octanol–water partition coefficient (Wildman–Crippen LogP) is 1.96. The minimum Gasteiger partial charge on any atom is -0.325 e. The molecule has 0 spiro atoms. The van der Waals surface area contributed by atoms with Gasteiger partial charge in [0.05, 0.1) is 6.54 Å². The first-order valence-electron chi connectivity index (χ1n) is 7.38. The number of hydrogen-bond donors (Lipinski definition) is 1. The number of aryl methyl sites for hydroxylation is 1. The molecule has 0 saturated carbocycles. The fourth-order valence-electron chi connectivity index (χ4n) is 2.54. The van der Waals surface area contributed by atoms with Gasteiger partial charge in [-0.05, 0) is 32.4 Å². The summed E-state index contributed by atoms with van der Waals surface area (Å²) in [5.74, 6) is 0.0808. The first kappa shape index (κ1) is 15.0. The van der Waals surface area contributed by atoms with E-state index in [1.54, 1.807) is 0 Å². The van der Waals surface area contributed by atoms with E-state index in [-0.39, 0.29) is 5.91 Å². The van der Waals surface area contributed by atoms with E-state index in [1.807, 2.05) is 31.2 Å². The lowest BCUT2D eigenvalue weighted by Crippen LogP contribution is -2.50. The molecule has 20 heavy (non-hydrogen) atoms. The summed E-state index contributed by atoms with van der Waals surface area (Å²) >= 11 is 0. The summed E-state index contributed by atoms with van der Waals surface area (Å²) in [4.78, 5) is 16.8. The average Bonchev–Trinajstić information content (AvgIpc) is 2.42. The molecule has 4 heteroatoms. The fourth-order valence-corrected chi connectivity index (χ4v) is 2.54. The van der Waals surface area contributed by atoms with E-state index in [9.17, 15) is 4.79 Å². The molecule has 0 radical (unpaired) electrons. The van der Waals surface area contributed by atoms with Gasteiger partial charge >= 0.3 is 0 Å². The largest absolute Gasteiger partial charge is 0.325 e. The summed E-state index contributed by atoms with van der Waals surface area (Å²) in [5.41, 5.74) is 2.02. The molecular weight excluding hydrogens is 250 g/mol. The SMILES string of the molecule is Cc1ccccc1NC(=O)CN1CCN(C(C)C)CC1. The standard InChI is InChI=1S/C16H25N3O/c1-13(2)19-10-8-18(9-11-19)12-16(20)17-15-7-5-4-6-14(15)3/h4-7,13H,8-12H2,1-3H3,(H,17,20). The maximum absolute atomic E-state index is 12.1. The topological polar surface area (TPSA) is 35.6 Å². The van der Waals surface area contributed by atoms with Crippen LogP contribution >= 0.6 is 0 Å². The van der Waals surface area contributed by atoms with E-state index in [0.29, 0.717) is 12.6 Å². The molecule has 1 N–H and O–H groups in total. The highest BCUT2D eigenvalue weighted by molar-refractivity contribution is 5.92. The first-order valence-corrected chi connectivity index (χ1v) is 7.38. The third-order valence-corrected chi connectivity index (χ3v) is 3.92. The van der Waals surface area contributed by atoms with Crippen molar-refractivity contribution in [1.82, 2.24) is 9.80 Å². The normalized spacial score (nSPS) is 17.4. The van der Waals surface area contributed by atoms with Crippen LogP contribution in [0.15, 0.2) is 24.3 Å². The highest BCUT2D eigenvalue weighted by atomic mass is 16.2. The van der Waals surface area contributed by atoms with Crippen LogP contribution in [0.1, 0.15) is 19.4 Å². The molecule has 1 aromatic rings. The molecule has 0 unspecified atom stereocenters. The number of carbonyl (C=O) groups excluding carboxylic acids is 1. The Morgan fingerprint density at radius 1 is 1.20 bits per heavy atom. The number of rotatable bonds is 4. The Hall–Kier alpha value is -1.39. The lowest BCUT2D eigenvalue weighted by atomic mass is 10.2. The summed E-state index contributed by atoms with van der Waals surface area (Å²) in [6.45, 7) is 11.0. The molecule has 1 aliphatic heterocycles. The van der Waals surface area contributed by atoms with Crippen LogP contribution in [0.25, 0.3) is 0 Å². The summed E-state index contributed by atoms with van der Waals surface area (Å²) in [6, 6.07) is 8.49. The molecule has 1 fully saturated rings. The number of piperazine rings is 1. The van der Waals surface area contributed by atoms with Crippen molar-refractivity contribution in [2.75, 3.05) is 38.0 Å². The maximum atomic E-state index is 12.1. The molecule has 0 aromatic heterocycles. The van der Waals surface area contributed by atoms with Crippen molar-refractivity contribution < 1.29 is 4.79 Å². The molecule has 0 aliphatic carbocycles. The van der Waals surface area contributed by atoms with Crippen LogP contribution in [0.5, 0.6) is 0 Å². The van der Waals surface area contributed by atoms with Crippen molar-refractivity contribution in [3.63, 3.8) is 0 Å². The highest BCUT2D eigenvalue weighted by Crippen LogP contribution is 2.13. The van der Waals surface area contributed by atoms with Gasteiger partial charge in [-0.2, -0.15) is 0 Å². The van der Waals surface area contributed by atoms with Crippen LogP contribution in [0.4, 0.5) is 5.69 Å². The predicted molar refractivity (Wildman–Crippen MR) is 83.0 cm³/mol. The number of nitrogens with zero attached hydrogens (tertiary/aromatic N) is 2. The zero-order chi connectivity index (χ0) is 14.5. The zero-order valence-electron chi connectivity index (χ0n) is 12.7. The quantitative estimate of drug-likeness (QED) is 0.912. The number of para-hydroxylation sites is 1. The zero-order valence-corrected chi connectivity index (χ0v) is 12.7. The summed E-state index contributed by atoms with van der Waals surface area (Å²) < 4.78 is 0.